The van der Waals surface area contributed by atoms with Crippen molar-refractivity contribution in [2.75, 3.05) is 33.8 Å². The summed E-state index contributed by atoms with van der Waals surface area (Å²) in [6.07, 6.45) is -3.66. The van der Waals surface area contributed by atoms with Crippen LogP contribution < -0.4 is 0 Å². The highest BCUT2D eigenvalue weighted by atomic mass is 19.4. The molecular formula is C10H17F3N2O2. The molecule has 100 valence electrons. The summed E-state index contributed by atoms with van der Waals surface area (Å²) in [5, 5.41) is 0. The molecule has 7 heteroatoms. The number of hydrogen-bond acceptors (Lipinski definition) is 3. The van der Waals surface area contributed by atoms with Gasteiger partial charge < -0.3 is 14.5 Å². The number of piperidine rings is 1. The summed E-state index contributed by atoms with van der Waals surface area (Å²) >= 11 is 0. The van der Waals surface area contributed by atoms with Gasteiger partial charge in [0.2, 0.25) is 0 Å². The molecule has 1 aliphatic rings. The van der Waals surface area contributed by atoms with E-state index in [1.54, 1.807) is 0 Å². The Balaban J connectivity index is 2.40. The molecule has 0 aromatic carbocycles. The van der Waals surface area contributed by atoms with Gasteiger partial charge in [0.15, 0.2) is 6.61 Å². The van der Waals surface area contributed by atoms with Crippen LogP contribution in [-0.4, -0.2) is 61.9 Å². The molecule has 4 nitrogen and oxygen atoms in total. The largest absolute Gasteiger partial charge is 0.440 e. The highest BCUT2D eigenvalue weighted by molar-refractivity contribution is 5.67. The zero-order valence-electron chi connectivity index (χ0n) is 9.96. The third-order valence-electron chi connectivity index (χ3n) is 2.79. The van der Waals surface area contributed by atoms with Crippen molar-refractivity contribution >= 4 is 6.09 Å². The summed E-state index contributed by atoms with van der Waals surface area (Å²) in [4.78, 5) is 14.7. The fourth-order valence-corrected chi connectivity index (χ4v) is 1.85. The van der Waals surface area contributed by atoms with E-state index in [9.17, 15) is 18.0 Å². The number of likely N-dealkylation sites (tertiary alicyclic amines) is 1. The lowest BCUT2D eigenvalue weighted by molar-refractivity contribution is -0.162. The zero-order valence-corrected chi connectivity index (χ0v) is 9.96. The van der Waals surface area contributed by atoms with E-state index in [0.29, 0.717) is 6.54 Å². The number of alkyl halides is 3. The van der Waals surface area contributed by atoms with E-state index in [0.717, 1.165) is 19.4 Å². The second-order valence-electron chi connectivity index (χ2n) is 4.34. The minimum Gasteiger partial charge on any atom is -0.440 e. The number of likely N-dealkylation sites (N-methyl/N-ethyl adjacent to an activating group) is 2. The molecule has 0 aromatic rings. The minimum atomic E-state index is -4.47. The molecule has 1 fully saturated rings. The van der Waals surface area contributed by atoms with Crippen LogP contribution in [0.2, 0.25) is 0 Å². The molecule has 1 rings (SSSR count). The van der Waals surface area contributed by atoms with E-state index < -0.39 is 18.9 Å². The second kappa shape index (κ2) is 5.57. The smallest absolute Gasteiger partial charge is 0.422 e. The molecule has 0 spiro atoms. The maximum atomic E-state index is 11.9. The van der Waals surface area contributed by atoms with Crippen molar-refractivity contribution in [2.24, 2.45) is 0 Å². The van der Waals surface area contributed by atoms with Gasteiger partial charge in [-0.1, -0.05) is 0 Å². The van der Waals surface area contributed by atoms with E-state index in [1.165, 1.54) is 11.9 Å². The topological polar surface area (TPSA) is 32.8 Å². The van der Waals surface area contributed by atoms with Gasteiger partial charge in [-0.25, -0.2) is 4.79 Å². The quantitative estimate of drug-likeness (QED) is 0.752. The number of carbonyl (C=O) groups excluding carboxylic acids is 1. The van der Waals surface area contributed by atoms with E-state index in [1.807, 2.05) is 11.9 Å². The zero-order chi connectivity index (χ0) is 13.1. The van der Waals surface area contributed by atoms with Gasteiger partial charge in [-0.05, 0) is 26.4 Å². The summed E-state index contributed by atoms with van der Waals surface area (Å²) in [5.74, 6) is 0. The summed E-state index contributed by atoms with van der Waals surface area (Å²) < 4.78 is 39.8. The van der Waals surface area contributed by atoms with Crippen molar-refractivity contribution in [3.8, 4) is 0 Å². The third-order valence-corrected chi connectivity index (χ3v) is 2.79. The van der Waals surface area contributed by atoms with Crippen LogP contribution >= 0.6 is 0 Å². The molecule has 1 atom stereocenters. The maximum Gasteiger partial charge on any atom is 0.422 e. The Morgan fingerprint density at radius 1 is 1.53 bits per heavy atom. The normalized spacial score (nSPS) is 22.3. The number of ether oxygens (including phenoxy) is 1. The van der Waals surface area contributed by atoms with Crippen LogP contribution in [0.5, 0.6) is 0 Å². The van der Waals surface area contributed by atoms with Crippen LogP contribution in [0.1, 0.15) is 12.8 Å². The summed E-state index contributed by atoms with van der Waals surface area (Å²) in [6, 6.07) is -0.0746. The highest BCUT2D eigenvalue weighted by Crippen LogP contribution is 2.17. The summed E-state index contributed by atoms with van der Waals surface area (Å²) in [5.41, 5.74) is 0. The standard InChI is InChI=1S/C10H17F3N2O2/c1-14-5-3-4-8(6-14)15(2)9(16)17-7-10(11,12)13/h8H,3-7H2,1-2H3. The predicted octanol–water partition coefficient (Wildman–Crippen LogP) is 1.71. The lowest BCUT2D eigenvalue weighted by Gasteiger charge is -2.35. The molecule has 1 amide bonds. The fourth-order valence-electron chi connectivity index (χ4n) is 1.85. The van der Waals surface area contributed by atoms with Crippen molar-refractivity contribution in [3.63, 3.8) is 0 Å². The Morgan fingerprint density at radius 2 is 2.18 bits per heavy atom. The molecule has 1 heterocycles. The number of hydrogen-bond donors (Lipinski definition) is 0. The lowest BCUT2D eigenvalue weighted by atomic mass is 10.1. The van der Waals surface area contributed by atoms with Gasteiger partial charge in [0.05, 0.1) is 0 Å². The molecule has 0 bridgehead atoms. The SMILES string of the molecule is CN1CCCC(N(C)C(=O)OCC(F)(F)F)C1. The van der Waals surface area contributed by atoms with Crippen LogP contribution in [0.4, 0.5) is 18.0 Å². The number of carbonyl (C=O) groups is 1. The van der Waals surface area contributed by atoms with Gasteiger partial charge in [0, 0.05) is 19.6 Å². The Labute approximate surface area is 98.3 Å². The van der Waals surface area contributed by atoms with E-state index in [2.05, 4.69) is 4.74 Å². The molecule has 1 saturated heterocycles. The number of halogens is 3. The van der Waals surface area contributed by atoms with Gasteiger partial charge in [-0.3, -0.25) is 0 Å². The van der Waals surface area contributed by atoms with Crippen LogP contribution in [0.15, 0.2) is 0 Å². The molecule has 1 unspecified atom stereocenters. The first-order valence-corrected chi connectivity index (χ1v) is 5.44. The fraction of sp³-hybridized carbons (Fsp3) is 0.900. The third kappa shape index (κ3) is 4.80. The average Bonchev–Trinajstić information content (AvgIpc) is 2.24. The van der Waals surface area contributed by atoms with Crippen LogP contribution in [0.3, 0.4) is 0 Å². The van der Waals surface area contributed by atoms with Gasteiger partial charge in [-0.2, -0.15) is 13.2 Å². The molecule has 0 radical (unpaired) electrons. The van der Waals surface area contributed by atoms with Crippen molar-refractivity contribution < 1.29 is 22.7 Å². The van der Waals surface area contributed by atoms with Crippen molar-refractivity contribution in [1.82, 2.24) is 9.80 Å². The van der Waals surface area contributed by atoms with Crippen LogP contribution in [0, 0.1) is 0 Å². The average molecular weight is 254 g/mol. The Morgan fingerprint density at radius 3 is 2.71 bits per heavy atom. The first kappa shape index (κ1) is 14.1. The lowest BCUT2D eigenvalue weighted by Crippen LogP contribution is -2.47. The second-order valence-corrected chi connectivity index (χ2v) is 4.34. The number of amides is 1. The van der Waals surface area contributed by atoms with Gasteiger partial charge in [0.1, 0.15) is 0 Å². The Bertz CT molecular complexity index is 271. The van der Waals surface area contributed by atoms with Crippen molar-refractivity contribution in [1.29, 1.82) is 0 Å². The van der Waals surface area contributed by atoms with Crippen molar-refractivity contribution in [3.05, 3.63) is 0 Å². The van der Waals surface area contributed by atoms with E-state index in [4.69, 9.17) is 0 Å². The van der Waals surface area contributed by atoms with Gasteiger partial charge in [0.25, 0.3) is 0 Å². The molecule has 0 aliphatic carbocycles. The monoisotopic (exact) mass is 254 g/mol. The maximum absolute atomic E-state index is 11.9. The molecule has 1 aliphatic heterocycles. The predicted molar refractivity (Wildman–Crippen MR) is 55.7 cm³/mol. The number of rotatable bonds is 2. The summed E-state index contributed by atoms with van der Waals surface area (Å²) in [6.45, 7) is 0.0816. The van der Waals surface area contributed by atoms with Crippen LogP contribution in [-0.2, 0) is 4.74 Å². The van der Waals surface area contributed by atoms with Gasteiger partial charge in [-0.15, -0.1) is 0 Å². The minimum absolute atomic E-state index is 0.0746. The first-order valence-electron chi connectivity index (χ1n) is 5.44. The van der Waals surface area contributed by atoms with Gasteiger partial charge >= 0.3 is 12.3 Å². The van der Waals surface area contributed by atoms with E-state index >= 15 is 0 Å². The molecule has 0 N–H and O–H groups in total. The van der Waals surface area contributed by atoms with Crippen molar-refractivity contribution in [2.45, 2.75) is 25.1 Å². The highest BCUT2D eigenvalue weighted by Gasteiger charge is 2.32. The molecule has 17 heavy (non-hydrogen) atoms. The Hall–Kier alpha value is -0.980. The molecule has 0 aromatic heterocycles. The molecular weight excluding hydrogens is 237 g/mol. The molecule has 0 saturated carbocycles. The van der Waals surface area contributed by atoms with E-state index in [-0.39, 0.29) is 6.04 Å². The van der Waals surface area contributed by atoms with Crippen LogP contribution in [0.25, 0.3) is 0 Å². The summed E-state index contributed by atoms with van der Waals surface area (Å²) in [7, 11) is 3.39. The Kier molecular flexibility index (Phi) is 4.62. The number of nitrogens with zero attached hydrogens (tertiary/aromatic N) is 2. The first-order chi connectivity index (χ1) is 7.79.